The van der Waals surface area contributed by atoms with Gasteiger partial charge < -0.3 is 14.7 Å². The van der Waals surface area contributed by atoms with E-state index in [1.807, 2.05) is 0 Å². The van der Waals surface area contributed by atoms with E-state index in [0.29, 0.717) is 0 Å². The number of unbranched alkanes of at least 4 members (excludes halogenated alkanes) is 18. The first-order chi connectivity index (χ1) is 14.0. The minimum Gasteiger partial charge on any atom is -0.329 e. The number of hydrogen-bond acceptors (Lipinski definition) is 0. The Labute approximate surface area is 204 Å². The van der Waals surface area contributed by atoms with Crippen LogP contribution in [0.1, 0.15) is 142 Å². The predicted molar refractivity (Wildman–Crippen MR) is 134 cm³/mol. The van der Waals surface area contributed by atoms with Gasteiger partial charge >= 0.3 is 0 Å². The number of rotatable bonds is 22. The summed E-state index contributed by atoms with van der Waals surface area (Å²) in [5, 5.41) is 0. The summed E-state index contributed by atoms with van der Waals surface area (Å²) in [6, 6.07) is 0. The molecule has 3 nitrogen and oxygen atoms in total. The molecule has 0 aromatic carbocycles. The van der Waals surface area contributed by atoms with E-state index in [-0.39, 0.29) is 19.5 Å². The van der Waals surface area contributed by atoms with Crippen LogP contribution < -0.4 is 0 Å². The van der Waals surface area contributed by atoms with Crippen molar-refractivity contribution >= 4 is 16.8 Å². The van der Waals surface area contributed by atoms with Crippen LogP contribution in [-0.4, -0.2) is 26.2 Å². The molecule has 6 heteroatoms. The first-order valence-corrected chi connectivity index (χ1v) is 16.6. The van der Waals surface area contributed by atoms with Gasteiger partial charge in [-0.1, -0.05) is 129 Å². The van der Waals surface area contributed by atoms with Gasteiger partial charge in [0.15, 0.2) is 0 Å². The van der Waals surface area contributed by atoms with Gasteiger partial charge in [-0.15, -0.1) is 10.1 Å². The zero-order chi connectivity index (χ0) is 21.6. The van der Waals surface area contributed by atoms with Crippen LogP contribution in [0.25, 0.3) is 0 Å². The first kappa shape index (κ1) is 33.5. The normalized spacial score (nSPS) is 11.8. The van der Waals surface area contributed by atoms with E-state index in [9.17, 15) is 14.7 Å². The third kappa shape index (κ3) is 23.9. The Morgan fingerprint density at radius 3 is 0.900 bits per heavy atom. The fourth-order valence-corrected chi connectivity index (χ4v) is 7.87. The topological polar surface area (TPSA) is 60.7 Å². The monoisotopic (exact) mass is 516 g/mol. The van der Waals surface area contributed by atoms with E-state index in [1.54, 1.807) is 0 Å². The van der Waals surface area contributed by atoms with Crippen LogP contribution in [-0.2, 0) is 29.6 Å². The second-order valence-electron chi connectivity index (χ2n) is 8.75. The summed E-state index contributed by atoms with van der Waals surface area (Å²) in [5.74, 6) is 1.59. The Hall–Kier alpha value is 1.28. The summed E-state index contributed by atoms with van der Waals surface area (Å²) in [7, 11) is -0.589. The largest absolute Gasteiger partial charge is 0.329 e. The van der Waals surface area contributed by atoms with Crippen LogP contribution >= 0.6 is 6.72 Å². The molecule has 0 saturated carbocycles. The summed E-state index contributed by atoms with van der Waals surface area (Å²) in [4.78, 5) is 29.4. The van der Waals surface area contributed by atoms with Gasteiger partial charge in [0.05, 0.1) is 0 Å². The minimum atomic E-state index is -3.65. The summed E-state index contributed by atoms with van der Waals surface area (Å²) in [5.41, 5.74) is 0. The molecular weight excluding hydrogens is 465 g/mol. The fraction of sp³-hybridized carbons (Fsp3) is 1.00. The molecule has 0 aliphatic heterocycles. The van der Waals surface area contributed by atoms with Gasteiger partial charge in [0.25, 0.3) is 6.72 Å². The average Bonchev–Trinajstić information content (AvgIpc) is 2.68. The molecule has 180 valence electrons. The van der Waals surface area contributed by atoms with Gasteiger partial charge in [0.2, 0.25) is 0 Å². The second-order valence-corrected chi connectivity index (χ2v) is 14.5. The smallest absolute Gasteiger partial charge is 0.277 e. The summed E-state index contributed by atoms with van der Waals surface area (Å²) in [6.07, 6.45) is 25.8. The Morgan fingerprint density at radius 2 is 0.667 bits per heavy atom. The van der Waals surface area contributed by atoms with E-state index in [1.165, 1.54) is 103 Å². The molecule has 0 spiro atoms. The Balaban J connectivity index is 0. The van der Waals surface area contributed by atoms with Gasteiger partial charge in [0, 0.05) is 19.5 Å². The van der Waals surface area contributed by atoms with Crippen molar-refractivity contribution in [1.82, 2.24) is 0 Å². The molecule has 0 aromatic heterocycles. The van der Waals surface area contributed by atoms with Crippen LogP contribution in [0.2, 0.25) is 0 Å². The van der Waals surface area contributed by atoms with E-state index in [4.69, 9.17) is 0 Å². The Morgan fingerprint density at radius 1 is 0.433 bits per heavy atom. The van der Waals surface area contributed by atoms with Crippen LogP contribution in [0.15, 0.2) is 0 Å². The van der Waals surface area contributed by atoms with Crippen molar-refractivity contribution in [3.63, 3.8) is 0 Å². The van der Waals surface area contributed by atoms with Crippen LogP contribution in [0, 0.1) is 0 Å². The van der Waals surface area contributed by atoms with Crippen LogP contribution in [0.5, 0.6) is 0 Å². The Kier molecular flexibility index (Phi) is 27.8. The third-order valence-electron chi connectivity index (χ3n) is 5.81. The van der Waals surface area contributed by atoms with E-state index >= 15 is 0 Å². The van der Waals surface area contributed by atoms with E-state index in [0.717, 1.165) is 37.2 Å². The molecule has 0 aliphatic carbocycles. The SMILES string of the molecule is CCCCCCCCCCCCS(CCCCCCCCCCCC)=P(O)(O)O.[Zn]. The molecule has 0 aliphatic rings. The molecule has 0 unspecified atom stereocenters. The molecule has 0 heterocycles. The zero-order valence-electron chi connectivity index (χ0n) is 20.5. The molecule has 0 bridgehead atoms. The van der Waals surface area contributed by atoms with Crippen molar-refractivity contribution in [3.8, 4) is 0 Å². The van der Waals surface area contributed by atoms with Gasteiger partial charge in [0.1, 0.15) is 0 Å². The maximum atomic E-state index is 9.80. The van der Waals surface area contributed by atoms with Gasteiger partial charge in [-0.3, -0.25) is 0 Å². The molecule has 0 aromatic rings. The van der Waals surface area contributed by atoms with Crippen molar-refractivity contribution in [2.45, 2.75) is 142 Å². The minimum absolute atomic E-state index is 0. The second kappa shape index (κ2) is 24.9. The van der Waals surface area contributed by atoms with Crippen molar-refractivity contribution in [3.05, 3.63) is 0 Å². The average molecular weight is 518 g/mol. The van der Waals surface area contributed by atoms with Crippen molar-refractivity contribution < 1.29 is 34.2 Å². The molecule has 0 rings (SSSR count). The molecule has 0 amide bonds. The van der Waals surface area contributed by atoms with Crippen LogP contribution in [0.3, 0.4) is 0 Å². The predicted octanol–water partition coefficient (Wildman–Crippen LogP) is 8.10. The quantitative estimate of drug-likeness (QED) is 0.0772. The summed E-state index contributed by atoms with van der Waals surface area (Å²) < 4.78 is 0. The number of hydrogen-bond donors (Lipinski definition) is 3. The molecular formula is C24H53O3PSZn. The maximum absolute atomic E-state index is 9.80. The molecule has 0 saturated heterocycles. The van der Waals surface area contributed by atoms with Crippen molar-refractivity contribution in [2.24, 2.45) is 0 Å². The first-order valence-electron chi connectivity index (χ1n) is 12.8. The van der Waals surface area contributed by atoms with Crippen LogP contribution in [0.4, 0.5) is 0 Å². The molecule has 0 radical (unpaired) electrons. The maximum Gasteiger partial charge on any atom is 0.277 e. The van der Waals surface area contributed by atoms with Gasteiger partial charge in [-0.2, -0.15) is 0 Å². The summed E-state index contributed by atoms with van der Waals surface area (Å²) >= 11 is 0. The Bertz CT molecular complexity index is 368. The molecule has 0 fully saturated rings. The van der Waals surface area contributed by atoms with Gasteiger partial charge in [-0.05, 0) is 24.3 Å². The summed E-state index contributed by atoms with van der Waals surface area (Å²) in [6.45, 7) is 0.861. The van der Waals surface area contributed by atoms with E-state index < -0.39 is 16.8 Å². The zero-order valence-corrected chi connectivity index (χ0v) is 25.1. The fourth-order valence-electron chi connectivity index (χ4n) is 3.86. The molecule has 0 atom stereocenters. The van der Waals surface area contributed by atoms with E-state index in [2.05, 4.69) is 13.8 Å². The molecule has 3 N–H and O–H groups in total. The molecule has 30 heavy (non-hydrogen) atoms. The third-order valence-corrected chi connectivity index (χ3v) is 11.2. The van der Waals surface area contributed by atoms with Crippen molar-refractivity contribution in [2.75, 3.05) is 11.5 Å². The van der Waals surface area contributed by atoms with Crippen molar-refractivity contribution in [1.29, 1.82) is 0 Å². The standard InChI is InChI=1S/C24H53O3PS.Zn/c1-3-5-7-9-11-13-15-17-19-21-23-29(28(25,26)27)24-22-20-18-16-14-12-10-8-6-4-2;/h25-27H,3-24H2,1-2H3;. The van der Waals surface area contributed by atoms with Gasteiger partial charge in [-0.25, -0.2) is 0 Å².